The second-order valence-electron chi connectivity index (χ2n) is 9.67. The Balaban J connectivity index is 2.04. The lowest BCUT2D eigenvalue weighted by Gasteiger charge is -2.10. The van der Waals surface area contributed by atoms with Gasteiger partial charge in [0.2, 0.25) is 11.4 Å². The monoisotopic (exact) mass is 424 g/mol. The van der Waals surface area contributed by atoms with E-state index in [0.29, 0.717) is 5.92 Å². The van der Waals surface area contributed by atoms with Crippen LogP contribution in [-0.2, 0) is 6.54 Å². The van der Waals surface area contributed by atoms with E-state index in [4.69, 9.17) is 0 Å². The minimum Gasteiger partial charge on any atom is -0.192 e. The molecule has 0 saturated carbocycles. The quantitative estimate of drug-likeness (QED) is 0.355. The van der Waals surface area contributed by atoms with Crippen LogP contribution in [0, 0.1) is 47.5 Å². The molecule has 0 atom stereocenters. The van der Waals surface area contributed by atoms with Crippen molar-refractivity contribution >= 4 is 24.3 Å². The molecule has 1 aromatic heterocycles. The number of aromatic nitrogens is 1. The summed E-state index contributed by atoms with van der Waals surface area (Å²) in [6.45, 7) is 18.7. The van der Waals surface area contributed by atoms with Crippen molar-refractivity contribution in [1.82, 2.24) is 0 Å². The fourth-order valence-electron chi connectivity index (χ4n) is 4.69. The highest BCUT2D eigenvalue weighted by atomic mass is 15.0. The second-order valence-corrected chi connectivity index (χ2v) is 9.67. The molecule has 0 fully saturated rings. The fraction of sp³-hybridized carbons (Fsp3) is 0.323. The smallest absolute Gasteiger partial charge is 0.192 e. The van der Waals surface area contributed by atoms with Gasteiger partial charge in [-0.1, -0.05) is 49.2 Å². The number of nitrogens with zero attached hydrogens (tertiary/aromatic N) is 1. The first-order chi connectivity index (χ1) is 15.2. The van der Waals surface area contributed by atoms with Gasteiger partial charge in [-0.15, -0.1) is 0 Å². The van der Waals surface area contributed by atoms with Crippen LogP contribution in [0.15, 0.2) is 42.5 Å². The fourth-order valence-corrected chi connectivity index (χ4v) is 4.69. The average molecular weight is 425 g/mol. The van der Waals surface area contributed by atoms with Crippen molar-refractivity contribution in [3.8, 4) is 0 Å². The summed E-state index contributed by atoms with van der Waals surface area (Å²) in [5, 5.41) is 0. The molecule has 0 spiro atoms. The molecule has 3 rings (SSSR count). The topological polar surface area (TPSA) is 3.88 Å². The van der Waals surface area contributed by atoms with Gasteiger partial charge in [-0.2, -0.15) is 4.57 Å². The zero-order valence-corrected chi connectivity index (χ0v) is 21.1. The molecule has 0 aliphatic carbocycles. The maximum absolute atomic E-state index is 2.44. The van der Waals surface area contributed by atoms with Crippen molar-refractivity contribution in [2.24, 2.45) is 5.92 Å². The maximum Gasteiger partial charge on any atom is 0.205 e. The van der Waals surface area contributed by atoms with E-state index in [1.807, 2.05) is 0 Å². The number of rotatable bonds is 6. The number of pyridine rings is 1. The molecular formula is C31H38N+. The minimum absolute atomic E-state index is 0.562. The number of hydrogen-bond donors (Lipinski definition) is 0. The maximum atomic E-state index is 2.44. The summed E-state index contributed by atoms with van der Waals surface area (Å²) in [6, 6.07) is 15.7. The van der Waals surface area contributed by atoms with E-state index in [0.717, 1.165) is 6.54 Å². The summed E-state index contributed by atoms with van der Waals surface area (Å²) in [5.41, 5.74) is 13.1. The Morgan fingerprint density at radius 1 is 0.625 bits per heavy atom. The van der Waals surface area contributed by atoms with Crippen LogP contribution < -0.4 is 4.57 Å². The van der Waals surface area contributed by atoms with Crippen LogP contribution in [-0.4, -0.2) is 0 Å². The third kappa shape index (κ3) is 5.65. The first kappa shape index (κ1) is 23.7. The SMILES string of the molecule is Cc1cc(C)c(/C=C/c2cccc(/C=C/c3c(C)cc(C)cc3C)[n+]2CC(C)C)c(C)c1. The highest BCUT2D eigenvalue weighted by Crippen LogP contribution is 2.21. The molecule has 0 aliphatic heterocycles. The van der Waals surface area contributed by atoms with E-state index >= 15 is 0 Å². The van der Waals surface area contributed by atoms with E-state index in [2.05, 4.69) is 127 Å². The van der Waals surface area contributed by atoms with Gasteiger partial charge in [-0.3, -0.25) is 0 Å². The summed E-state index contributed by atoms with van der Waals surface area (Å²) in [4.78, 5) is 0. The second kappa shape index (κ2) is 10.1. The van der Waals surface area contributed by atoms with E-state index in [1.165, 1.54) is 55.9 Å². The molecule has 0 saturated heterocycles. The molecule has 1 heteroatoms. The Labute approximate surface area is 195 Å². The predicted molar refractivity (Wildman–Crippen MR) is 141 cm³/mol. The van der Waals surface area contributed by atoms with Crippen molar-refractivity contribution in [3.05, 3.63) is 98.4 Å². The molecule has 1 heterocycles. The van der Waals surface area contributed by atoms with Crippen molar-refractivity contribution in [3.63, 3.8) is 0 Å². The van der Waals surface area contributed by atoms with E-state index in [9.17, 15) is 0 Å². The Hall–Kier alpha value is -2.93. The van der Waals surface area contributed by atoms with Gasteiger partial charge < -0.3 is 0 Å². The Bertz CT molecular complexity index is 1040. The molecule has 0 amide bonds. The molecule has 0 unspecified atom stereocenters. The molecule has 1 nitrogen and oxygen atoms in total. The van der Waals surface area contributed by atoms with Crippen molar-refractivity contribution in [2.75, 3.05) is 0 Å². The van der Waals surface area contributed by atoms with Gasteiger partial charge in [-0.05, 0) is 93.1 Å². The van der Waals surface area contributed by atoms with Crippen molar-refractivity contribution < 1.29 is 4.57 Å². The van der Waals surface area contributed by atoms with Crippen LogP contribution in [0.4, 0.5) is 0 Å². The molecule has 32 heavy (non-hydrogen) atoms. The molecule has 0 N–H and O–H groups in total. The predicted octanol–water partition coefficient (Wildman–Crippen LogP) is 7.82. The molecule has 166 valence electrons. The van der Waals surface area contributed by atoms with Crippen LogP contribution >= 0.6 is 0 Å². The van der Waals surface area contributed by atoms with Crippen LogP contribution in [0.2, 0.25) is 0 Å². The lowest BCUT2D eigenvalue weighted by Crippen LogP contribution is -2.42. The van der Waals surface area contributed by atoms with E-state index < -0.39 is 0 Å². The summed E-state index contributed by atoms with van der Waals surface area (Å²) in [7, 11) is 0. The highest BCUT2D eigenvalue weighted by molar-refractivity contribution is 5.73. The van der Waals surface area contributed by atoms with Gasteiger partial charge in [0.25, 0.3) is 0 Å². The Kier molecular flexibility index (Phi) is 7.51. The van der Waals surface area contributed by atoms with Gasteiger partial charge in [0.1, 0.15) is 0 Å². The molecule has 0 bridgehead atoms. The van der Waals surface area contributed by atoms with E-state index in [-0.39, 0.29) is 0 Å². The summed E-state index contributed by atoms with van der Waals surface area (Å²) >= 11 is 0. The lowest BCUT2D eigenvalue weighted by molar-refractivity contribution is -0.705. The standard InChI is InChI=1S/C31H38N/c1-21(2)20-32-28(12-14-30-24(5)16-22(3)17-25(30)6)10-9-11-29(32)13-15-31-26(7)18-23(4)19-27(31)8/h9-19,21H,20H2,1-8H3/q+1/b14-12+,15-13+. The highest BCUT2D eigenvalue weighted by Gasteiger charge is 2.15. The molecule has 2 aromatic carbocycles. The third-order valence-electron chi connectivity index (χ3n) is 6.02. The molecule has 0 radical (unpaired) electrons. The zero-order valence-electron chi connectivity index (χ0n) is 21.1. The Morgan fingerprint density at radius 3 is 1.34 bits per heavy atom. The number of hydrogen-bond acceptors (Lipinski definition) is 0. The minimum atomic E-state index is 0.562. The van der Waals surface area contributed by atoms with Crippen molar-refractivity contribution in [2.45, 2.75) is 61.9 Å². The van der Waals surface area contributed by atoms with Gasteiger partial charge >= 0.3 is 0 Å². The van der Waals surface area contributed by atoms with E-state index in [1.54, 1.807) is 0 Å². The Morgan fingerprint density at radius 2 is 1.00 bits per heavy atom. The number of aryl methyl sites for hydroxylation is 6. The van der Waals surface area contributed by atoms with Gasteiger partial charge in [0.05, 0.1) is 0 Å². The first-order valence-corrected chi connectivity index (χ1v) is 11.7. The van der Waals surface area contributed by atoms with Gasteiger partial charge in [0.15, 0.2) is 6.54 Å². The summed E-state index contributed by atoms with van der Waals surface area (Å²) in [6.07, 6.45) is 9.09. The summed E-state index contributed by atoms with van der Waals surface area (Å²) < 4.78 is 2.44. The molecule has 0 aliphatic rings. The largest absolute Gasteiger partial charge is 0.205 e. The summed E-state index contributed by atoms with van der Waals surface area (Å²) in [5.74, 6) is 0.562. The molecular weight excluding hydrogens is 386 g/mol. The van der Waals surface area contributed by atoms with Crippen LogP contribution in [0.25, 0.3) is 24.3 Å². The van der Waals surface area contributed by atoms with Crippen LogP contribution in [0.5, 0.6) is 0 Å². The normalized spacial score (nSPS) is 11.9. The van der Waals surface area contributed by atoms with Gasteiger partial charge in [-0.25, -0.2) is 0 Å². The number of benzene rings is 2. The lowest BCUT2D eigenvalue weighted by atomic mass is 9.99. The molecule has 3 aromatic rings. The first-order valence-electron chi connectivity index (χ1n) is 11.7. The zero-order chi connectivity index (χ0) is 23.4. The van der Waals surface area contributed by atoms with Crippen LogP contribution in [0.3, 0.4) is 0 Å². The third-order valence-corrected chi connectivity index (χ3v) is 6.02. The average Bonchev–Trinajstić information content (AvgIpc) is 2.67. The van der Waals surface area contributed by atoms with Gasteiger partial charge in [0, 0.05) is 30.2 Å². The van der Waals surface area contributed by atoms with Crippen molar-refractivity contribution in [1.29, 1.82) is 0 Å². The van der Waals surface area contributed by atoms with Crippen LogP contribution in [0.1, 0.15) is 69.7 Å².